The third-order valence-electron chi connectivity index (χ3n) is 2.00. The second-order valence-corrected chi connectivity index (χ2v) is 3.20. The lowest BCUT2D eigenvalue weighted by molar-refractivity contribution is 0.496. The monoisotopic (exact) mass is 240 g/mol. The number of nitrogens with one attached hydrogen (secondary N) is 1. The zero-order valence-electron chi connectivity index (χ0n) is 8.42. The molecule has 0 aliphatic rings. The van der Waals surface area contributed by atoms with Crippen LogP contribution in [0.5, 0.6) is 0 Å². The van der Waals surface area contributed by atoms with Gasteiger partial charge in [-0.05, 0) is 0 Å². The Morgan fingerprint density at radius 2 is 1.76 bits per heavy atom. The average molecular weight is 240 g/mol. The molecule has 1 aromatic heterocycles. The lowest BCUT2D eigenvalue weighted by atomic mass is 10.2. The van der Waals surface area contributed by atoms with Crippen molar-refractivity contribution in [2.45, 2.75) is 0 Å². The Hall–Kier alpha value is -2.31. The molecule has 0 saturated heterocycles. The Morgan fingerprint density at radius 1 is 1.06 bits per heavy atom. The maximum atomic E-state index is 13.3. The van der Waals surface area contributed by atoms with E-state index in [4.69, 9.17) is 5.73 Å². The molecule has 0 fully saturated rings. The molecule has 88 valence electrons. The molecule has 2 rings (SSSR count). The van der Waals surface area contributed by atoms with E-state index in [2.05, 4.69) is 15.3 Å². The first-order valence-electron chi connectivity index (χ1n) is 4.55. The first-order valence-corrected chi connectivity index (χ1v) is 4.55. The maximum absolute atomic E-state index is 13.3. The highest BCUT2D eigenvalue weighted by Gasteiger charge is 2.11. The summed E-state index contributed by atoms with van der Waals surface area (Å²) >= 11 is 0. The van der Waals surface area contributed by atoms with Crippen LogP contribution < -0.4 is 11.1 Å². The Balaban J connectivity index is 2.37. The van der Waals surface area contributed by atoms with Crippen molar-refractivity contribution in [3.8, 4) is 0 Å². The summed E-state index contributed by atoms with van der Waals surface area (Å²) in [6.45, 7) is 0. The molecule has 0 saturated carbocycles. The third-order valence-corrected chi connectivity index (χ3v) is 2.00. The Bertz CT molecular complexity index is 559. The van der Waals surface area contributed by atoms with Crippen molar-refractivity contribution in [3.05, 3.63) is 42.1 Å². The molecule has 2 aromatic rings. The number of benzene rings is 1. The molecule has 0 aliphatic carbocycles. The molecule has 0 aliphatic heterocycles. The van der Waals surface area contributed by atoms with Gasteiger partial charge in [0, 0.05) is 12.1 Å². The van der Waals surface area contributed by atoms with Crippen molar-refractivity contribution in [1.82, 2.24) is 9.97 Å². The number of rotatable bonds is 2. The molecule has 0 spiro atoms. The Kier molecular flexibility index (Phi) is 2.82. The van der Waals surface area contributed by atoms with E-state index < -0.39 is 17.5 Å². The van der Waals surface area contributed by atoms with Crippen LogP contribution in [0, 0.1) is 17.5 Å². The molecule has 1 aromatic carbocycles. The van der Waals surface area contributed by atoms with Crippen LogP contribution in [0.4, 0.5) is 30.4 Å². The fraction of sp³-hybridized carbons (Fsp3) is 0. The van der Waals surface area contributed by atoms with Gasteiger partial charge in [0.15, 0.2) is 17.5 Å². The topological polar surface area (TPSA) is 63.8 Å². The van der Waals surface area contributed by atoms with Gasteiger partial charge in [0.2, 0.25) is 0 Å². The summed E-state index contributed by atoms with van der Waals surface area (Å²) in [4.78, 5) is 7.37. The van der Waals surface area contributed by atoms with Crippen LogP contribution in [0.25, 0.3) is 0 Å². The molecule has 0 atom stereocenters. The van der Waals surface area contributed by atoms with Crippen LogP contribution >= 0.6 is 0 Å². The van der Waals surface area contributed by atoms with Gasteiger partial charge in [-0.15, -0.1) is 0 Å². The van der Waals surface area contributed by atoms with Crippen molar-refractivity contribution in [2.24, 2.45) is 0 Å². The predicted molar refractivity (Wildman–Crippen MR) is 56.0 cm³/mol. The minimum absolute atomic E-state index is 0.116. The van der Waals surface area contributed by atoms with Gasteiger partial charge < -0.3 is 11.1 Å². The molecule has 0 unspecified atom stereocenters. The van der Waals surface area contributed by atoms with Crippen LogP contribution in [-0.2, 0) is 0 Å². The van der Waals surface area contributed by atoms with Gasteiger partial charge in [-0.1, -0.05) is 0 Å². The Morgan fingerprint density at radius 3 is 2.47 bits per heavy atom. The number of aromatic nitrogens is 2. The van der Waals surface area contributed by atoms with Gasteiger partial charge in [0.05, 0.1) is 17.6 Å². The second kappa shape index (κ2) is 4.28. The smallest absolute Gasteiger partial charge is 0.161 e. The van der Waals surface area contributed by atoms with Gasteiger partial charge in [0.1, 0.15) is 12.1 Å². The summed E-state index contributed by atoms with van der Waals surface area (Å²) in [5.74, 6) is -3.25. The zero-order chi connectivity index (χ0) is 12.4. The molecule has 17 heavy (non-hydrogen) atoms. The summed E-state index contributed by atoms with van der Waals surface area (Å²) in [5, 5.41) is 2.45. The molecule has 4 nitrogen and oxygen atoms in total. The van der Waals surface area contributed by atoms with Gasteiger partial charge in [0.25, 0.3) is 0 Å². The van der Waals surface area contributed by atoms with E-state index in [9.17, 15) is 13.2 Å². The molecule has 3 N–H and O–H groups in total. The largest absolute Gasteiger partial charge is 0.394 e. The first kappa shape index (κ1) is 11.2. The van der Waals surface area contributed by atoms with E-state index in [1.165, 1.54) is 12.5 Å². The average Bonchev–Trinajstić information content (AvgIpc) is 2.29. The second-order valence-electron chi connectivity index (χ2n) is 3.20. The summed E-state index contributed by atoms with van der Waals surface area (Å²) in [6.07, 6.45) is 2.49. The van der Waals surface area contributed by atoms with Crippen LogP contribution in [0.1, 0.15) is 0 Å². The van der Waals surface area contributed by atoms with Crippen LogP contribution in [-0.4, -0.2) is 9.97 Å². The van der Waals surface area contributed by atoms with Gasteiger partial charge >= 0.3 is 0 Å². The molecular formula is C10H7F3N4. The van der Waals surface area contributed by atoms with E-state index in [1.807, 2.05) is 0 Å². The quantitative estimate of drug-likeness (QED) is 0.790. The predicted octanol–water partition coefficient (Wildman–Crippen LogP) is 2.22. The van der Waals surface area contributed by atoms with Crippen LogP contribution in [0.2, 0.25) is 0 Å². The molecule has 1 heterocycles. The lowest BCUT2D eigenvalue weighted by Gasteiger charge is -2.08. The first-order chi connectivity index (χ1) is 8.08. The van der Waals surface area contributed by atoms with Gasteiger partial charge in [-0.25, -0.2) is 23.1 Å². The number of halogens is 3. The van der Waals surface area contributed by atoms with Gasteiger partial charge in [-0.2, -0.15) is 0 Å². The summed E-state index contributed by atoms with van der Waals surface area (Å²) in [5.41, 5.74) is 5.42. The van der Waals surface area contributed by atoms with Crippen molar-refractivity contribution in [3.63, 3.8) is 0 Å². The van der Waals surface area contributed by atoms with E-state index in [0.29, 0.717) is 12.1 Å². The SMILES string of the molecule is Nc1cncnc1Nc1cc(F)c(F)cc1F. The summed E-state index contributed by atoms with van der Waals surface area (Å²) < 4.78 is 38.9. The van der Waals surface area contributed by atoms with Crippen molar-refractivity contribution in [1.29, 1.82) is 0 Å². The number of nitrogens with zero attached hydrogens (tertiary/aromatic N) is 2. The zero-order valence-corrected chi connectivity index (χ0v) is 8.42. The number of anilines is 3. The molecule has 0 bridgehead atoms. The van der Waals surface area contributed by atoms with Crippen LogP contribution in [0.15, 0.2) is 24.7 Å². The third kappa shape index (κ3) is 2.27. The highest BCUT2D eigenvalue weighted by Crippen LogP contribution is 2.23. The number of nitrogens with two attached hydrogens (primary N) is 1. The highest BCUT2D eigenvalue weighted by molar-refractivity contribution is 5.67. The summed E-state index contributed by atoms with van der Waals surface area (Å²) in [6, 6.07) is 1.13. The van der Waals surface area contributed by atoms with E-state index in [1.54, 1.807) is 0 Å². The van der Waals surface area contributed by atoms with Gasteiger partial charge in [-0.3, -0.25) is 0 Å². The van der Waals surface area contributed by atoms with Crippen LogP contribution in [0.3, 0.4) is 0 Å². The van der Waals surface area contributed by atoms with E-state index >= 15 is 0 Å². The standard InChI is InChI=1S/C10H7F3N4/c11-5-1-7(13)9(2-6(5)12)17-10-8(14)3-15-4-16-10/h1-4H,14H2,(H,15,16,17). The molecule has 7 heteroatoms. The minimum atomic E-state index is -1.26. The maximum Gasteiger partial charge on any atom is 0.161 e. The molecule has 0 radical (unpaired) electrons. The highest BCUT2D eigenvalue weighted by atomic mass is 19.2. The fourth-order valence-electron chi connectivity index (χ4n) is 1.19. The molecule has 0 amide bonds. The molecular weight excluding hydrogens is 233 g/mol. The van der Waals surface area contributed by atoms with Crippen molar-refractivity contribution < 1.29 is 13.2 Å². The number of nitrogen functional groups attached to an aromatic ring is 1. The Labute approximate surface area is 94.3 Å². The van der Waals surface area contributed by atoms with Crippen molar-refractivity contribution >= 4 is 17.2 Å². The van der Waals surface area contributed by atoms with E-state index in [0.717, 1.165) is 0 Å². The number of hydrogen-bond acceptors (Lipinski definition) is 4. The lowest BCUT2D eigenvalue weighted by Crippen LogP contribution is -2.02. The minimum Gasteiger partial charge on any atom is -0.394 e. The normalized spacial score (nSPS) is 10.3. The number of hydrogen-bond donors (Lipinski definition) is 2. The van der Waals surface area contributed by atoms with E-state index in [-0.39, 0.29) is 17.2 Å². The fourth-order valence-corrected chi connectivity index (χ4v) is 1.19. The summed E-state index contributed by atoms with van der Waals surface area (Å²) in [7, 11) is 0. The van der Waals surface area contributed by atoms with Crippen molar-refractivity contribution in [2.75, 3.05) is 11.1 Å².